The molecule has 0 fully saturated rings. The Bertz CT molecular complexity index is 846. The van der Waals surface area contributed by atoms with Crippen molar-refractivity contribution in [2.45, 2.75) is 0 Å². The molecular formula is C24H21O2P. The molecule has 0 aromatic heterocycles. The molecule has 27 heavy (non-hydrogen) atoms. The summed E-state index contributed by atoms with van der Waals surface area (Å²) in [6, 6.07) is 41.9. The van der Waals surface area contributed by atoms with Crippen LogP contribution in [0, 0.1) is 0 Å². The highest BCUT2D eigenvalue weighted by Gasteiger charge is 2.49. The molecule has 0 atom stereocenters. The first-order chi connectivity index (χ1) is 12.9. The molecule has 0 saturated heterocycles. The fourth-order valence-corrected chi connectivity index (χ4v) is 6.58. The van der Waals surface area contributed by atoms with E-state index in [0.29, 0.717) is 0 Å². The summed E-state index contributed by atoms with van der Waals surface area (Å²) in [4.78, 5) is 0. The van der Waals surface area contributed by atoms with Crippen LogP contribution in [-0.4, -0.2) is 5.48 Å². The van der Waals surface area contributed by atoms with E-state index < -0.39 is 7.49 Å². The molecular weight excluding hydrogens is 351 g/mol. The lowest BCUT2D eigenvalue weighted by Crippen LogP contribution is -2.34. The SMILES string of the molecule is [OH-].c1ccc(O[P+](c2ccccc2)(c2ccccc2)c2ccccc2)cc1. The average molecular weight is 372 g/mol. The molecule has 0 aliphatic carbocycles. The van der Waals surface area contributed by atoms with E-state index in [4.69, 9.17) is 4.52 Å². The van der Waals surface area contributed by atoms with Crippen LogP contribution >= 0.6 is 7.49 Å². The van der Waals surface area contributed by atoms with Crippen LogP contribution in [0.4, 0.5) is 0 Å². The Hall–Kier alpha value is -2.93. The monoisotopic (exact) mass is 372 g/mol. The minimum absolute atomic E-state index is 0. The normalized spacial score (nSPS) is 10.7. The summed E-state index contributed by atoms with van der Waals surface area (Å²) in [5.41, 5.74) is 0. The Morgan fingerprint density at radius 3 is 1.04 bits per heavy atom. The Balaban J connectivity index is 0.00000210. The summed E-state index contributed by atoms with van der Waals surface area (Å²) in [7, 11) is -2.28. The summed E-state index contributed by atoms with van der Waals surface area (Å²) in [5.74, 6) is 0.886. The van der Waals surface area contributed by atoms with Crippen LogP contribution < -0.4 is 20.4 Å². The lowest BCUT2D eigenvalue weighted by atomic mass is 10.3. The van der Waals surface area contributed by atoms with Crippen LogP contribution in [0.2, 0.25) is 0 Å². The second-order valence-corrected chi connectivity index (χ2v) is 8.97. The van der Waals surface area contributed by atoms with Crippen molar-refractivity contribution in [3.63, 3.8) is 0 Å². The van der Waals surface area contributed by atoms with Gasteiger partial charge in [0, 0.05) is 0 Å². The minimum Gasteiger partial charge on any atom is -0.870 e. The summed E-state index contributed by atoms with van der Waals surface area (Å²) in [6.45, 7) is 0. The third-order valence-electron chi connectivity index (χ3n) is 4.34. The van der Waals surface area contributed by atoms with E-state index in [0.717, 1.165) is 5.75 Å². The zero-order chi connectivity index (χ0) is 17.7. The van der Waals surface area contributed by atoms with Gasteiger partial charge in [0.15, 0.2) is 5.75 Å². The molecule has 3 heteroatoms. The number of hydrogen-bond donors (Lipinski definition) is 0. The fraction of sp³-hybridized carbons (Fsp3) is 0. The van der Waals surface area contributed by atoms with Gasteiger partial charge in [-0.2, -0.15) is 0 Å². The van der Waals surface area contributed by atoms with E-state index in [-0.39, 0.29) is 5.48 Å². The zero-order valence-corrected chi connectivity index (χ0v) is 15.7. The second-order valence-electron chi connectivity index (χ2n) is 6.02. The molecule has 0 bridgehead atoms. The van der Waals surface area contributed by atoms with Gasteiger partial charge >= 0.3 is 0 Å². The molecule has 0 saturated carbocycles. The van der Waals surface area contributed by atoms with Crippen molar-refractivity contribution in [2.75, 3.05) is 0 Å². The van der Waals surface area contributed by atoms with Gasteiger partial charge in [-0.15, -0.1) is 0 Å². The first-order valence-electron chi connectivity index (χ1n) is 8.70. The molecule has 4 rings (SSSR count). The standard InChI is InChI=1S/C24H20OP.H2O/c1-5-13-21(14-6-1)25-26(22-15-7-2-8-16-22,23-17-9-3-10-18-23)24-19-11-4-12-20-24;/h1-20H;1H2/q+1;/p-1. The quantitative estimate of drug-likeness (QED) is 0.472. The van der Waals surface area contributed by atoms with Gasteiger partial charge in [-0.05, 0) is 48.5 Å². The third-order valence-corrected chi connectivity index (χ3v) is 7.91. The summed E-state index contributed by atoms with van der Waals surface area (Å²) in [6.07, 6.45) is 0. The van der Waals surface area contributed by atoms with E-state index in [1.807, 2.05) is 30.3 Å². The molecule has 0 unspecified atom stereocenters. The van der Waals surface area contributed by atoms with Gasteiger partial charge in [0.2, 0.25) is 0 Å². The predicted octanol–water partition coefficient (Wildman–Crippen LogP) is 4.80. The fourth-order valence-electron chi connectivity index (χ4n) is 3.16. The largest absolute Gasteiger partial charge is 0.870 e. The van der Waals surface area contributed by atoms with Crippen molar-refractivity contribution in [3.05, 3.63) is 121 Å². The second kappa shape index (κ2) is 8.64. The van der Waals surface area contributed by atoms with Crippen LogP contribution in [0.1, 0.15) is 0 Å². The molecule has 4 aromatic rings. The van der Waals surface area contributed by atoms with E-state index in [1.54, 1.807) is 0 Å². The van der Waals surface area contributed by atoms with Crippen LogP contribution in [0.15, 0.2) is 121 Å². The number of hydrogen-bond acceptors (Lipinski definition) is 2. The highest BCUT2D eigenvalue weighted by atomic mass is 31.2. The molecule has 0 aliphatic rings. The molecule has 0 heterocycles. The van der Waals surface area contributed by atoms with Gasteiger partial charge in [-0.1, -0.05) is 72.8 Å². The molecule has 0 aliphatic heterocycles. The van der Waals surface area contributed by atoms with Gasteiger partial charge in [-0.3, -0.25) is 0 Å². The lowest BCUT2D eigenvalue weighted by Gasteiger charge is -2.26. The summed E-state index contributed by atoms with van der Waals surface area (Å²) in [5, 5.41) is 3.63. The molecule has 0 amide bonds. The molecule has 2 nitrogen and oxygen atoms in total. The minimum atomic E-state index is -2.28. The number of para-hydroxylation sites is 1. The first kappa shape index (κ1) is 18.8. The third kappa shape index (κ3) is 3.78. The van der Waals surface area contributed by atoms with Crippen molar-refractivity contribution in [1.82, 2.24) is 0 Å². The molecule has 0 radical (unpaired) electrons. The van der Waals surface area contributed by atoms with Gasteiger partial charge in [0.1, 0.15) is 15.9 Å². The highest BCUT2D eigenvalue weighted by Crippen LogP contribution is 2.55. The summed E-state index contributed by atoms with van der Waals surface area (Å²) < 4.78 is 6.87. The Morgan fingerprint density at radius 1 is 0.407 bits per heavy atom. The molecule has 4 aromatic carbocycles. The van der Waals surface area contributed by atoms with Crippen LogP contribution in [0.3, 0.4) is 0 Å². The van der Waals surface area contributed by atoms with Crippen molar-refractivity contribution < 1.29 is 10.00 Å². The Labute approximate surface area is 160 Å². The van der Waals surface area contributed by atoms with Crippen LogP contribution in [-0.2, 0) is 0 Å². The highest BCUT2D eigenvalue weighted by molar-refractivity contribution is 7.92. The van der Waals surface area contributed by atoms with E-state index in [2.05, 4.69) is 91.0 Å². The maximum atomic E-state index is 6.87. The molecule has 134 valence electrons. The maximum Gasteiger partial charge on any atom is 0.287 e. The zero-order valence-electron chi connectivity index (χ0n) is 14.8. The van der Waals surface area contributed by atoms with Gasteiger partial charge in [0.05, 0.1) is 0 Å². The van der Waals surface area contributed by atoms with Crippen LogP contribution in [0.5, 0.6) is 5.75 Å². The van der Waals surface area contributed by atoms with Gasteiger partial charge in [0.25, 0.3) is 7.49 Å². The lowest BCUT2D eigenvalue weighted by molar-refractivity contribution is 0.620. The van der Waals surface area contributed by atoms with E-state index in [1.165, 1.54) is 15.9 Å². The van der Waals surface area contributed by atoms with Gasteiger partial charge < -0.3 is 10.00 Å². The predicted molar refractivity (Wildman–Crippen MR) is 114 cm³/mol. The average Bonchev–Trinajstić information content (AvgIpc) is 2.75. The molecule has 1 N–H and O–H groups in total. The smallest absolute Gasteiger partial charge is 0.287 e. The Kier molecular flexibility index (Phi) is 6.03. The van der Waals surface area contributed by atoms with Gasteiger partial charge in [-0.25, -0.2) is 0 Å². The summed E-state index contributed by atoms with van der Waals surface area (Å²) >= 11 is 0. The van der Waals surface area contributed by atoms with E-state index >= 15 is 0 Å². The van der Waals surface area contributed by atoms with E-state index in [9.17, 15) is 0 Å². The number of benzene rings is 4. The first-order valence-corrected chi connectivity index (χ1v) is 10.4. The molecule has 0 spiro atoms. The van der Waals surface area contributed by atoms with Crippen molar-refractivity contribution in [1.29, 1.82) is 0 Å². The van der Waals surface area contributed by atoms with Crippen molar-refractivity contribution in [3.8, 4) is 5.75 Å². The maximum absolute atomic E-state index is 6.87. The number of rotatable bonds is 5. The topological polar surface area (TPSA) is 39.2 Å². The van der Waals surface area contributed by atoms with Crippen LogP contribution in [0.25, 0.3) is 0 Å². The van der Waals surface area contributed by atoms with Crippen molar-refractivity contribution >= 4 is 23.4 Å². The van der Waals surface area contributed by atoms with Crippen molar-refractivity contribution in [2.24, 2.45) is 0 Å². The Morgan fingerprint density at radius 2 is 0.704 bits per heavy atom.